The van der Waals surface area contributed by atoms with Gasteiger partial charge in [-0.05, 0) is 31.5 Å². The summed E-state index contributed by atoms with van der Waals surface area (Å²) in [5, 5.41) is 3.28. The van der Waals surface area contributed by atoms with Crippen LogP contribution in [0.3, 0.4) is 0 Å². The van der Waals surface area contributed by atoms with Gasteiger partial charge in [-0.2, -0.15) is 0 Å². The molecule has 0 bridgehead atoms. The number of aromatic nitrogens is 1. The Labute approximate surface area is 112 Å². The number of hydrogen-bond acceptors (Lipinski definition) is 3. The van der Waals surface area contributed by atoms with Crippen molar-refractivity contribution in [1.29, 1.82) is 0 Å². The molecule has 0 atom stereocenters. The standard InChI is InChI=1S/C15H19FN2O/c1-3-8-17-9-7-14-18-10-13(19-14)12-6-4-5-11(2)15(12)16/h4-6,10,17H,3,7-9H2,1-2H3. The minimum Gasteiger partial charge on any atom is -0.441 e. The Morgan fingerprint density at radius 3 is 2.95 bits per heavy atom. The largest absolute Gasteiger partial charge is 0.441 e. The van der Waals surface area contributed by atoms with Crippen molar-refractivity contribution in [2.45, 2.75) is 26.7 Å². The zero-order valence-electron chi connectivity index (χ0n) is 11.4. The van der Waals surface area contributed by atoms with E-state index in [2.05, 4.69) is 17.2 Å². The Balaban J connectivity index is 2.06. The van der Waals surface area contributed by atoms with Crippen molar-refractivity contribution >= 4 is 0 Å². The van der Waals surface area contributed by atoms with E-state index in [4.69, 9.17) is 4.42 Å². The van der Waals surface area contributed by atoms with Crippen molar-refractivity contribution < 1.29 is 8.81 Å². The zero-order valence-corrected chi connectivity index (χ0v) is 11.4. The number of benzene rings is 1. The molecule has 2 rings (SSSR count). The smallest absolute Gasteiger partial charge is 0.196 e. The molecule has 1 N–H and O–H groups in total. The number of aryl methyl sites for hydroxylation is 1. The van der Waals surface area contributed by atoms with Gasteiger partial charge in [0.15, 0.2) is 11.7 Å². The average molecular weight is 262 g/mol. The molecule has 0 aliphatic heterocycles. The molecule has 19 heavy (non-hydrogen) atoms. The molecule has 1 aromatic carbocycles. The fourth-order valence-corrected chi connectivity index (χ4v) is 1.89. The van der Waals surface area contributed by atoms with E-state index in [0.29, 0.717) is 29.2 Å². The lowest BCUT2D eigenvalue weighted by atomic mass is 10.1. The molecule has 0 fully saturated rings. The van der Waals surface area contributed by atoms with Crippen LogP contribution in [0.1, 0.15) is 24.8 Å². The summed E-state index contributed by atoms with van der Waals surface area (Å²) in [6, 6.07) is 5.27. The molecule has 0 saturated carbocycles. The van der Waals surface area contributed by atoms with E-state index >= 15 is 0 Å². The SMILES string of the molecule is CCCNCCc1ncc(-c2cccc(C)c2F)o1. The molecule has 0 aliphatic rings. The third-order valence-electron chi connectivity index (χ3n) is 2.95. The first kappa shape index (κ1) is 13.7. The van der Waals surface area contributed by atoms with Crippen LogP contribution in [0.25, 0.3) is 11.3 Å². The molecule has 3 nitrogen and oxygen atoms in total. The predicted molar refractivity (Wildman–Crippen MR) is 73.5 cm³/mol. The topological polar surface area (TPSA) is 38.1 Å². The number of nitrogens with one attached hydrogen (secondary N) is 1. The van der Waals surface area contributed by atoms with Gasteiger partial charge in [0, 0.05) is 13.0 Å². The predicted octanol–water partition coefficient (Wildman–Crippen LogP) is 3.33. The van der Waals surface area contributed by atoms with Crippen LogP contribution in [-0.2, 0) is 6.42 Å². The molecule has 0 aliphatic carbocycles. The zero-order chi connectivity index (χ0) is 13.7. The summed E-state index contributed by atoms with van der Waals surface area (Å²) in [5.74, 6) is 0.889. The fourth-order valence-electron chi connectivity index (χ4n) is 1.89. The van der Waals surface area contributed by atoms with E-state index in [-0.39, 0.29) is 5.82 Å². The van der Waals surface area contributed by atoms with Crippen molar-refractivity contribution in [2.24, 2.45) is 0 Å². The molecule has 4 heteroatoms. The maximum atomic E-state index is 13.9. The Morgan fingerprint density at radius 1 is 1.32 bits per heavy atom. The van der Waals surface area contributed by atoms with Crippen LogP contribution in [0.5, 0.6) is 0 Å². The van der Waals surface area contributed by atoms with Crippen molar-refractivity contribution in [3.05, 3.63) is 41.7 Å². The second-order valence-electron chi connectivity index (χ2n) is 4.55. The summed E-state index contributed by atoms with van der Waals surface area (Å²) in [4.78, 5) is 4.19. The van der Waals surface area contributed by atoms with Gasteiger partial charge in [0.25, 0.3) is 0 Å². The van der Waals surface area contributed by atoms with Gasteiger partial charge in [-0.1, -0.05) is 19.1 Å². The highest BCUT2D eigenvalue weighted by Crippen LogP contribution is 2.25. The molecule has 2 aromatic rings. The first-order valence-corrected chi connectivity index (χ1v) is 6.63. The van der Waals surface area contributed by atoms with Crippen molar-refractivity contribution in [2.75, 3.05) is 13.1 Å². The summed E-state index contributed by atoms with van der Waals surface area (Å²) in [5.41, 5.74) is 1.08. The normalized spacial score (nSPS) is 10.9. The second-order valence-corrected chi connectivity index (χ2v) is 4.55. The highest BCUT2D eigenvalue weighted by Gasteiger charge is 2.12. The van der Waals surface area contributed by atoms with Crippen molar-refractivity contribution in [3.8, 4) is 11.3 Å². The summed E-state index contributed by atoms with van der Waals surface area (Å²) in [7, 11) is 0. The highest BCUT2D eigenvalue weighted by molar-refractivity contribution is 5.58. The van der Waals surface area contributed by atoms with E-state index in [9.17, 15) is 4.39 Å². The van der Waals surface area contributed by atoms with Gasteiger partial charge in [0.05, 0.1) is 11.8 Å². The van der Waals surface area contributed by atoms with Crippen LogP contribution in [0, 0.1) is 12.7 Å². The van der Waals surface area contributed by atoms with Gasteiger partial charge in [-0.25, -0.2) is 9.37 Å². The number of halogens is 1. The van der Waals surface area contributed by atoms with Gasteiger partial charge in [-0.15, -0.1) is 0 Å². The van der Waals surface area contributed by atoms with Gasteiger partial charge in [-0.3, -0.25) is 0 Å². The second kappa shape index (κ2) is 6.48. The number of oxazole rings is 1. The van der Waals surface area contributed by atoms with Gasteiger partial charge in [0.2, 0.25) is 0 Å². The summed E-state index contributed by atoms with van der Waals surface area (Å²) in [6.45, 7) is 5.67. The third-order valence-corrected chi connectivity index (χ3v) is 2.95. The first-order chi connectivity index (χ1) is 9.22. The van der Waals surface area contributed by atoms with Crippen molar-refractivity contribution in [3.63, 3.8) is 0 Å². The van der Waals surface area contributed by atoms with Crippen LogP contribution >= 0.6 is 0 Å². The Hall–Kier alpha value is -1.68. The summed E-state index contributed by atoms with van der Waals surface area (Å²) in [6.07, 6.45) is 3.41. The number of hydrogen-bond donors (Lipinski definition) is 1. The minimum absolute atomic E-state index is 0.241. The monoisotopic (exact) mass is 262 g/mol. The Bertz CT molecular complexity index is 537. The molecule has 0 saturated heterocycles. The molecular formula is C15H19FN2O. The van der Waals surface area contributed by atoms with E-state index in [1.807, 2.05) is 6.07 Å². The van der Waals surface area contributed by atoms with E-state index < -0.39 is 0 Å². The maximum Gasteiger partial charge on any atom is 0.196 e. The summed E-state index contributed by atoms with van der Waals surface area (Å²) >= 11 is 0. The van der Waals surface area contributed by atoms with Gasteiger partial charge < -0.3 is 9.73 Å². The quantitative estimate of drug-likeness (QED) is 0.811. The minimum atomic E-state index is -0.241. The Morgan fingerprint density at radius 2 is 2.16 bits per heavy atom. The third kappa shape index (κ3) is 3.41. The van der Waals surface area contributed by atoms with Crippen molar-refractivity contribution in [1.82, 2.24) is 10.3 Å². The molecule has 0 spiro atoms. The summed E-state index contributed by atoms with van der Waals surface area (Å²) < 4.78 is 19.5. The van der Waals surface area contributed by atoms with Crippen LogP contribution < -0.4 is 5.32 Å². The van der Waals surface area contributed by atoms with E-state index in [1.54, 1.807) is 25.3 Å². The molecule has 0 amide bonds. The lowest BCUT2D eigenvalue weighted by Crippen LogP contribution is -2.17. The molecule has 102 valence electrons. The van der Waals surface area contributed by atoms with Crippen LogP contribution in [0.15, 0.2) is 28.8 Å². The average Bonchev–Trinajstić information content (AvgIpc) is 2.87. The lowest BCUT2D eigenvalue weighted by Gasteiger charge is -2.02. The highest BCUT2D eigenvalue weighted by atomic mass is 19.1. The molecule has 0 radical (unpaired) electrons. The molecular weight excluding hydrogens is 243 g/mol. The fraction of sp³-hybridized carbons (Fsp3) is 0.400. The van der Waals surface area contributed by atoms with Crippen LogP contribution in [0.2, 0.25) is 0 Å². The molecule has 1 aromatic heterocycles. The first-order valence-electron chi connectivity index (χ1n) is 6.63. The van der Waals surface area contributed by atoms with E-state index in [0.717, 1.165) is 19.5 Å². The Kier molecular flexibility index (Phi) is 4.68. The maximum absolute atomic E-state index is 13.9. The van der Waals surface area contributed by atoms with E-state index in [1.165, 1.54) is 0 Å². The van der Waals surface area contributed by atoms with Gasteiger partial charge in [0.1, 0.15) is 5.82 Å². The van der Waals surface area contributed by atoms with Crippen LogP contribution in [-0.4, -0.2) is 18.1 Å². The number of nitrogens with zero attached hydrogens (tertiary/aromatic N) is 1. The van der Waals surface area contributed by atoms with Crippen LogP contribution in [0.4, 0.5) is 4.39 Å². The number of rotatable bonds is 6. The molecule has 1 heterocycles. The lowest BCUT2D eigenvalue weighted by molar-refractivity contribution is 0.491. The molecule has 0 unspecified atom stereocenters. The van der Waals surface area contributed by atoms with Gasteiger partial charge >= 0.3 is 0 Å².